The van der Waals surface area contributed by atoms with Gasteiger partial charge in [0.1, 0.15) is 11.5 Å². The first kappa shape index (κ1) is 19.4. The summed E-state index contributed by atoms with van der Waals surface area (Å²) in [5, 5.41) is 3.65. The van der Waals surface area contributed by atoms with Crippen LogP contribution in [0.25, 0.3) is 5.65 Å². The van der Waals surface area contributed by atoms with Gasteiger partial charge in [0.25, 0.3) is 0 Å². The lowest BCUT2D eigenvalue weighted by molar-refractivity contribution is -0.131. The molecule has 3 aromatic rings. The number of anilines is 1. The van der Waals surface area contributed by atoms with Gasteiger partial charge in [0.05, 0.1) is 12.1 Å². The SMILES string of the molecule is CC(C)(C)Nc1c(C2CCN(C(=O)Cc3ccccn3)CC2)nc2ccccn12. The van der Waals surface area contributed by atoms with Crippen molar-refractivity contribution in [2.45, 2.75) is 51.5 Å². The van der Waals surface area contributed by atoms with E-state index in [1.165, 1.54) is 0 Å². The molecule has 1 fully saturated rings. The van der Waals surface area contributed by atoms with Crippen molar-refractivity contribution in [2.75, 3.05) is 18.4 Å². The molecule has 1 N–H and O–H groups in total. The van der Waals surface area contributed by atoms with E-state index in [1.807, 2.05) is 41.3 Å². The molecule has 0 unspecified atom stereocenters. The Morgan fingerprint density at radius 3 is 2.59 bits per heavy atom. The van der Waals surface area contributed by atoms with Gasteiger partial charge in [-0.15, -0.1) is 0 Å². The molecule has 152 valence electrons. The van der Waals surface area contributed by atoms with Crippen LogP contribution < -0.4 is 5.32 Å². The van der Waals surface area contributed by atoms with Crippen LogP contribution in [-0.2, 0) is 11.2 Å². The van der Waals surface area contributed by atoms with Crippen LogP contribution in [0.3, 0.4) is 0 Å². The fraction of sp³-hybridized carbons (Fsp3) is 0.435. The van der Waals surface area contributed by atoms with Gasteiger partial charge in [-0.25, -0.2) is 4.98 Å². The fourth-order valence-electron chi connectivity index (χ4n) is 3.95. The molecule has 0 aromatic carbocycles. The minimum atomic E-state index is -0.0556. The number of hydrogen-bond donors (Lipinski definition) is 1. The number of aromatic nitrogens is 3. The summed E-state index contributed by atoms with van der Waals surface area (Å²) in [5.74, 6) is 1.58. The summed E-state index contributed by atoms with van der Waals surface area (Å²) in [6.07, 6.45) is 6.03. The van der Waals surface area contributed by atoms with Gasteiger partial charge in [-0.05, 0) is 57.9 Å². The second kappa shape index (κ2) is 7.85. The van der Waals surface area contributed by atoms with Gasteiger partial charge in [-0.2, -0.15) is 0 Å². The first-order valence-corrected chi connectivity index (χ1v) is 10.3. The van der Waals surface area contributed by atoms with E-state index >= 15 is 0 Å². The molecule has 3 aromatic heterocycles. The molecular formula is C23H29N5O. The molecule has 29 heavy (non-hydrogen) atoms. The molecule has 1 aliphatic heterocycles. The predicted molar refractivity (Wildman–Crippen MR) is 115 cm³/mol. The number of nitrogens with one attached hydrogen (secondary N) is 1. The van der Waals surface area contributed by atoms with E-state index in [9.17, 15) is 4.79 Å². The van der Waals surface area contributed by atoms with Crippen LogP contribution in [0.1, 0.15) is 50.9 Å². The topological polar surface area (TPSA) is 62.5 Å². The van der Waals surface area contributed by atoms with Gasteiger partial charge in [-0.3, -0.25) is 14.2 Å². The van der Waals surface area contributed by atoms with Crippen molar-refractivity contribution in [3.05, 3.63) is 60.2 Å². The number of rotatable bonds is 4. The van der Waals surface area contributed by atoms with Gasteiger partial charge in [0.2, 0.25) is 5.91 Å². The quantitative estimate of drug-likeness (QED) is 0.733. The standard InChI is InChI=1S/C23H29N5O/c1-23(2,3)26-22-21(25-19-9-5-7-13-28(19)22)17-10-14-27(15-11-17)20(29)16-18-8-4-6-12-24-18/h4-9,12-13,17,26H,10-11,14-16H2,1-3H3. The summed E-state index contributed by atoms with van der Waals surface area (Å²) in [6, 6.07) is 11.8. The number of carbonyl (C=O) groups is 1. The van der Waals surface area contributed by atoms with E-state index in [-0.39, 0.29) is 11.4 Å². The summed E-state index contributed by atoms with van der Waals surface area (Å²) >= 11 is 0. The number of carbonyl (C=O) groups excluding carboxylic acids is 1. The highest BCUT2D eigenvalue weighted by molar-refractivity contribution is 5.78. The molecule has 4 heterocycles. The lowest BCUT2D eigenvalue weighted by Gasteiger charge is -2.32. The van der Waals surface area contributed by atoms with E-state index in [0.29, 0.717) is 12.3 Å². The highest BCUT2D eigenvalue weighted by Crippen LogP contribution is 2.34. The van der Waals surface area contributed by atoms with Crippen molar-refractivity contribution in [3.8, 4) is 0 Å². The zero-order valence-corrected chi connectivity index (χ0v) is 17.4. The second-order valence-electron chi connectivity index (χ2n) is 8.80. The number of fused-ring (bicyclic) bond motifs is 1. The van der Waals surface area contributed by atoms with Crippen molar-refractivity contribution >= 4 is 17.4 Å². The average Bonchev–Trinajstić information content (AvgIpc) is 3.06. The highest BCUT2D eigenvalue weighted by Gasteiger charge is 2.29. The zero-order valence-electron chi connectivity index (χ0n) is 17.4. The average molecular weight is 392 g/mol. The van der Waals surface area contributed by atoms with Gasteiger partial charge >= 0.3 is 0 Å². The summed E-state index contributed by atoms with van der Waals surface area (Å²) in [6.45, 7) is 8.02. The third-order valence-electron chi connectivity index (χ3n) is 5.34. The molecule has 0 spiro atoms. The minimum Gasteiger partial charge on any atom is -0.365 e. The number of pyridine rings is 2. The van der Waals surface area contributed by atoms with Gasteiger partial charge in [-0.1, -0.05) is 12.1 Å². The monoisotopic (exact) mass is 391 g/mol. The van der Waals surface area contributed by atoms with Crippen molar-refractivity contribution < 1.29 is 4.79 Å². The Morgan fingerprint density at radius 2 is 1.90 bits per heavy atom. The third kappa shape index (κ3) is 4.42. The van der Waals surface area contributed by atoms with E-state index in [2.05, 4.69) is 41.7 Å². The molecule has 6 heteroatoms. The zero-order chi connectivity index (χ0) is 20.4. The van der Waals surface area contributed by atoms with Gasteiger partial charge < -0.3 is 10.2 Å². The molecule has 0 aliphatic carbocycles. The molecule has 1 saturated heterocycles. The van der Waals surface area contributed by atoms with Crippen molar-refractivity contribution in [3.63, 3.8) is 0 Å². The van der Waals surface area contributed by atoms with E-state index < -0.39 is 0 Å². The Bertz CT molecular complexity index is 981. The normalized spacial score (nSPS) is 15.6. The smallest absolute Gasteiger partial charge is 0.228 e. The van der Waals surface area contributed by atoms with E-state index in [0.717, 1.165) is 48.8 Å². The lowest BCUT2D eigenvalue weighted by atomic mass is 9.92. The molecule has 0 radical (unpaired) electrons. The Kier molecular flexibility index (Phi) is 5.26. The van der Waals surface area contributed by atoms with Crippen LogP contribution in [0.2, 0.25) is 0 Å². The molecule has 1 aliphatic rings. The van der Waals surface area contributed by atoms with Gasteiger partial charge in [0, 0.05) is 42.6 Å². The summed E-state index contributed by atoms with van der Waals surface area (Å²) in [5.41, 5.74) is 2.85. The maximum Gasteiger partial charge on any atom is 0.228 e. The Balaban J connectivity index is 1.49. The third-order valence-corrected chi connectivity index (χ3v) is 5.34. The second-order valence-corrected chi connectivity index (χ2v) is 8.80. The number of nitrogens with zero attached hydrogens (tertiary/aromatic N) is 4. The van der Waals surface area contributed by atoms with Crippen LogP contribution in [0.4, 0.5) is 5.82 Å². The number of hydrogen-bond acceptors (Lipinski definition) is 4. The largest absolute Gasteiger partial charge is 0.365 e. The molecule has 1 amide bonds. The summed E-state index contributed by atoms with van der Waals surface area (Å²) in [7, 11) is 0. The Hall–Kier alpha value is -2.89. The van der Waals surface area contributed by atoms with E-state index in [4.69, 9.17) is 4.98 Å². The van der Waals surface area contributed by atoms with Crippen LogP contribution >= 0.6 is 0 Å². The molecule has 0 saturated carbocycles. The molecule has 6 nitrogen and oxygen atoms in total. The first-order valence-electron chi connectivity index (χ1n) is 10.3. The number of amides is 1. The Labute approximate surface area is 172 Å². The maximum absolute atomic E-state index is 12.7. The molecular weight excluding hydrogens is 362 g/mol. The minimum absolute atomic E-state index is 0.0556. The summed E-state index contributed by atoms with van der Waals surface area (Å²) in [4.78, 5) is 23.9. The molecule has 0 atom stereocenters. The molecule has 0 bridgehead atoms. The maximum atomic E-state index is 12.7. The van der Waals surface area contributed by atoms with Crippen LogP contribution in [0, 0.1) is 0 Å². The molecule has 4 rings (SSSR count). The van der Waals surface area contributed by atoms with Crippen molar-refractivity contribution in [2.24, 2.45) is 0 Å². The van der Waals surface area contributed by atoms with Crippen LogP contribution in [-0.4, -0.2) is 43.8 Å². The number of likely N-dealkylation sites (tertiary alicyclic amines) is 1. The van der Waals surface area contributed by atoms with E-state index in [1.54, 1.807) is 6.20 Å². The van der Waals surface area contributed by atoms with Gasteiger partial charge in [0.15, 0.2) is 0 Å². The van der Waals surface area contributed by atoms with Crippen LogP contribution in [0.5, 0.6) is 0 Å². The highest BCUT2D eigenvalue weighted by atomic mass is 16.2. The fourth-order valence-corrected chi connectivity index (χ4v) is 3.95. The predicted octanol–water partition coefficient (Wildman–Crippen LogP) is 3.89. The number of imidazole rings is 1. The number of piperidine rings is 1. The van der Waals surface area contributed by atoms with Crippen LogP contribution in [0.15, 0.2) is 48.8 Å². The Morgan fingerprint density at radius 1 is 1.14 bits per heavy atom. The summed E-state index contributed by atoms with van der Waals surface area (Å²) < 4.78 is 2.14. The van der Waals surface area contributed by atoms with Crippen molar-refractivity contribution in [1.82, 2.24) is 19.3 Å². The lowest BCUT2D eigenvalue weighted by Crippen LogP contribution is -2.39. The van der Waals surface area contributed by atoms with Crippen molar-refractivity contribution in [1.29, 1.82) is 0 Å². The first-order chi connectivity index (χ1) is 13.9.